The van der Waals surface area contributed by atoms with Gasteiger partial charge in [-0.15, -0.1) is 0 Å². The van der Waals surface area contributed by atoms with Gasteiger partial charge in [-0.3, -0.25) is 10.1 Å². The zero-order valence-corrected chi connectivity index (χ0v) is 13.6. The lowest BCUT2D eigenvalue weighted by atomic mass is 9.99. The summed E-state index contributed by atoms with van der Waals surface area (Å²) in [6.45, 7) is 4.39. The first kappa shape index (κ1) is 16.4. The van der Waals surface area contributed by atoms with E-state index in [1.165, 1.54) is 6.42 Å². The van der Waals surface area contributed by atoms with E-state index in [0.717, 1.165) is 25.2 Å². The molecule has 9 heteroatoms. The van der Waals surface area contributed by atoms with E-state index in [0.29, 0.717) is 30.1 Å². The van der Waals surface area contributed by atoms with Crippen molar-refractivity contribution in [3.8, 4) is 0 Å². The third-order valence-corrected chi connectivity index (χ3v) is 4.32. The smallest absolute Gasteiger partial charge is 0.323 e. The molecular formula is C15H21N5O4. The first-order valence-corrected chi connectivity index (χ1v) is 8.15. The molecule has 0 aliphatic carbocycles. The van der Waals surface area contributed by atoms with Crippen molar-refractivity contribution in [3.63, 3.8) is 0 Å². The number of nitrogens with one attached hydrogen (secondary N) is 1. The van der Waals surface area contributed by atoms with Crippen molar-refractivity contribution in [2.75, 3.05) is 36.5 Å². The van der Waals surface area contributed by atoms with Crippen LogP contribution in [0, 0.1) is 16.0 Å². The highest BCUT2D eigenvalue weighted by Crippen LogP contribution is 2.39. The highest BCUT2D eigenvalue weighted by Gasteiger charge is 2.29. The molecule has 0 amide bonds. The minimum atomic E-state index is -0.476. The Bertz CT molecular complexity index is 732. The summed E-state index contributed by atoms with van der Waals surface area (Å²) in [7, 11) is 0. The first-order valence-electron chi connectivity index (χ1n) is 8.15. The molecule has 2 N–H and O–H groups in total. The summed E-state index contributed by atoms with van der Waals surface area (Å²) in [5, 5.41) is 31.1. The number of aliphatic hydroxyl groups is 1. The Kier molecular flexibility index (Phi) is 4.79. The van der Waals surface area contributed by atoms with Gasteiger partial charge in [-0.05, 0) is 41.6 Å². The van der Waals surface area contributed by atoms with Crippen LogP contribution in [0.15, 0.2) is 10.7 Å². The largest absolute Gasteiger partial charge is 0.396 e. The maximum absolute atomic E-state index is 11.5. The summed E-state index contributed by atoms with van der Waals surface area (Å²) >= 11 is 0. The second-order valence-electron chi connectivity index (χ2n) is 6.21. The highest BCUT2D eigenvalue weighted by molar-refractivity contribution is 5.99. The summed E-state index contributed by atoms with van der Waals surface area (Å²) in [6.07, 6.45) is 2.74. The molecule has 1 aliphatic heterocycles. The van der Waals surface area contributed by atoms with E-state index in [9.17, 15) is 10.1 Å². The molecule has 0 spiro atoms. The van der Waals surface area contributed by atoms with Crippen molar-refractivity contribution in [2.45, 2.75) is 26.2 Å². The maximum atomic E-state index is 11.5. The lowest BCUT2D eigenvalue weighted by Gasteiger charge is -2.32. The van der Waals surface area contributed by atoms with Crippen LogP contribution in [0.3, 0.4) is 0 Å². The number of hydrogen-bond donors (Lipinski definition) is 2. The summed E-state index contributed by atoms with van der Waals surface area (Å²) in [4.78, 5) is 13.2. The van der Waals surface area contributed by atoms with Gasteiger partial charge in [-0.1, -0.05) is 6.92 Å². The monoisotopic (exact) mass is 335 g/mol. The van der Waals surface area contributed by atoms with Crippen molar-refractivity contribution >= 4 is 28.1 Å². The van der Waals surface area contributed by atoms with E-state index >= 15 is 0 Å². The molecule has 1 aliphatic rings. The predicted octanol–water partition coefficient (Wildman–Crippen LogP) is 2.16. The number of nitro groups is 1. The Balaban J connectivity index is 2.06. The predicted molar refractivity (Wildman–Crippen MR) is 89.3 cm³/mol. The van der Waals surface area contributed by atoms with E-state index in [1.54, 1.807) is 6.07 Å². The molecule has 1 unspecified atom stereocenters. The lowest BCUT2D eigenvalue weighted by molar-refractivity contribution is -0.382. The van der Waals surface area contributed by atoms with Crippen LogP contribution in [-0.4, -0.2) is 46.6 Å². The number of aliphatic hydroxyl groups excluding tert-OH is 1. The standard InChI is InChI=1S/C15H21N5O4/c1-10-4-2-6-19(9-10)12-8-11(16-5-3-7-21)15(20(22)23)14-13(12)17-24-18-14/h8,10,16,21H,2-7,9H2,1H3. The van der Waals surface area contributed by atoms with Crippen LogP contribution < -0.4 is 10.2 Å². The van der Waals surface area contributed by atoms with Gasteiger partial charge in [0.25, 0.3) is 0 Å². The van der Waals surface area contributed by atoms with Gasteiger partial charge in [0.05, 0.1) is 10.6 Å². The van der Waals surface area contributed by atoms with E-state index in [1.807, 2.05) is 0 Å². The van der Waals surface area contributed by atoms with Gasteiger partial charge >= 0.3 is 5.69 Å². The number of nitrogens with zero attached hydrogens (tertiary/aromatic N) is 4. The summed E-state index contributed by atoms with van der Waals surface area (Å²) in [5.74, 6) is 0.551. The second kappa shape index (κ2) is 7.00. The van der Waals surface area contributed by atoms with Crippen molar-refractivity contribution in [1.29, 1.82) is 0 Å². The van der Waals surface area contributed by atoms with Crippen LogP contribution in [-0.2, 0) is 0 Å². The van der Waals surface area contributed by atoms with E-state index in [4.69, 9.17) is 9.74 Å². The molecular weight excluding hydrogens is 314 g/mol. The second-order valence-corrected chi connectivity index (χ2v) is 6.21. The zero-order valence-electron chi connectivity index (χ0n) is 13.6. The Labute approximate surface area is 138 Å². The molecule has 1 aromatic carbocycles. The minimum Gasteiger partial charge on any atom is -0.396 e. The van der Waals surface area contributed by atoms with Gasteiger partial charge in [-0.2, -0.15) is 0 Å². The van der Waals surface area contributed by atoms with Gasteiger partial charge in [-0.25, -0.2) is 4.63 Å². The quantitative estimate of drug-likeness (QED) is 0.468. The summed E-state index contributed by atoms with van der Waals surface area (Å²) in [6, 6.07) is 1.75. The highest BCUT2D eigenvalue weighted by atomic mass is 16.6. The Morgan fingerprint density at radius 1 is 1.50 bits per heavy atom. The van der Waals surface area contributed by atoms with Crippen LogP contribution in [0.5, 0.6) is 0 Å². The first-order chi connectivity index (χ1) is 11.6. The number of fused-ring (bicyclic) bond motifs is 1. The van der Waals surface area contributed by atoms with Crippen molar-refractivity contribution < 1.29 is 14.7 Å². The molecule has 1 aromatic heterocycles. The molecule has 24 heavy (non-hydrogen) atoms. The van der Waals surface area contributed by atoms with E-state index in [2.05, 4.69) is 27.5 Å². The number of nitro benzene ring substituents is 1. The third-order valence-electron chi connectivity index (χ3n) is 4.32. The molecule has 1 saturated heterocycles. The fourth-order valence-electron chi connectivity index (χ4n) is 3.18. The maximum Gasteiger partial charge on any atom is 0.323 e. The van der Waals surface area contributed by atoms with E-state index in [-0.39, 0.29) is 17.8 Å². The van der Waals surface area contributed by atoms with Gasteiger partial charge < -0.3 is 15.3 Å². The van der Waals surface area contributed by atoms with Crippen molar-refractivity contribution in [1.82, 2.24) is 10.3 Å². The summed E-state index contributed by atoms with van der Waals surface area (Å²) < 4.78 is 4.80. The molecule has 130 valence electrons. The lowest BCUT2D eigenvalue weighted by Crippen LogP contribution is -2.34. The van der Waals surface area contributed by atoms with E-state index < -0.39 is 4.92 Å². The summed E-state index contributed by atoms with van der Waals surface area (Å²) in [5.41, 5.74) is 1.61. The molecule has 1 atom stereocenters. The van der Waals surface area contributed by atoms with Crippen LogP contribution in [0.4, 0.5) is 17.1 Å². The van der Waals surface area contributed by atoms with Gasteiger partial charge in [0.15, 0.2) is 5.52 Å². The Morgan fingerprint density at radius 2 is 2.29 bits per heavy atom. The van der Waals surface area contributed by atoms with Crippen LogP contribution in [0.25, 0.3) is 11.0 Å². The Morgan fingerprint density at radius 3 is 3.00 bits per heavy atom. The molecule has 0 bridgehead atoms. The van der Waals surface area contributed by atoms with Crippen LogP contribution >= 0.6 is 0 Å². The van der Waals surface area contributed by atoms with Gasteiger partial charge in [0.2, 0.25) is 5.52 Å². The number of rotatable bonds is 6. The fourth-order valence-corrected chi connectivity index (χ4v) is 3.18. The number of hydrogen-bond acceptors (Lipinski definition) is 8. The molecule has 0 radical (unpaired) electrons. The molecule has 3 rings (SSSR count). The van der Waals surface area contributed by atoms with Gasteiger partial charge in [0, 0.05) is 26.2 Å². The SMILES string of the molecule is CC1CCCN(c2cc(NCCCO)c([N+](=O)[O-])c3nonc23)C1. The number of benzene rings is 1. The molecule has 9 nitrogen and oxygen atoms in total. The molecule has 2 aromatic rings. The normalized spacial score (nSPS) is 18.1. The topological polar surface area (TPSA) is 118 Å². The average Bonchev–Trinajstić information content (AvgIpc) is 3.03. The molecule has 1 fully saturated rings. The van der Waals surface area contributed by atoms with Crippen molar-refractivity contribution in [2.24, 2.45) is 5.92 Å². The minimum absolute atomic E-state index is 0.0189. The number of anilines is 2. The van der Waals surface area contributed by atoms with Gasteiger partial charge in [0.1, 0.15) is 5.69 Å². The molecule has 2 heterocycles. The third kappa shape index (κ3) is 3.12. The zero-order chi connectivity index (χ0) is 17.1. The van der Waals surface area contributed by atoms with Crippen molar-refractivity contribution in [3.05, 3.63) is 16.2 Å². The fraction of sp³-hybridized carbons (Fsp3) is 0.600. The average molecular weight is 335 g/mol. The van der Waals surface area contributed by atoms with Crippen LogP contribution in [0.1, 0.15) is 26.2 Å². The number of aromatic nitrogens is 2. The van der Waals surface area contributed by atoms with Crippen LogP contribution in [0.2, 0.25) is 0 Å². The number of piperidine rings is 1. The Hall–Kier alpha value is -2.42. The molecule has 0 saturated carbocycles.